The summed E-state index contributed by atoms with van der Waals surface area (Å²) in [5.41, 5.74) is 0.717. The van der Waals surface area contributed by atoms with Crippen LogP contribution in [-0.2, 0) is 4.79 Å². The molecule has 0 unspecified atom stereocenters. The predicted molar refractivity (Wildman–Crippen MR) is 131 cm³/mol. The zero-order chi connectivity index (χ0) is 21.5. The smallest absolute Gasteiger partial charge is 0.228 e. The fourth-order valence-corrected chi connectivity index (χ4v) is 4.74. The molecule has 0 spiro atoms. The highest BCUT2D eigenvalue weighted by molar-refractivity contribution is 7.99. The van der Waals surface area contributed by atoms with E-state index in [0.717, 1.165) is 34.1 Å². The number of anilines is 1. The average molecular weight is 484 g/mol. The van der Waals surface area contributed by atoms with Crippen LogP contribution in [0.1, 0.15) is 12.8 Å². The third kappa shape index (κ3) is 7.35. The standard InChI is InChI=1S/C22H26FN3O2S2.ClH/c1-25(2)12-13-26(22-24-19-11-6-16(23)15-20(19)30-22)21(27)5-4-14-29-18-9-7-17(28-3)8-10-18;/h6-11,15H,4-5,12-14H2,1-3H3;1H. The minimum absolute atomic E-state index is 0. The number of likely N-dealkylation sites (N-methyl/N-ethyl adjacent to an activating group) is 1. The molecule has 0 saturated heterocycles. The highest BCUT2D eigenvalue weighted by Gasteiger charge is 2.19. The van der Waals surface area contributed by atoms with Crippen LogP contribution in [-0.4, -0.2) is 55.8 Å². The summed E-state index contributed by atoms with van der Waals surface area (Å²) in [6, 6.07) is 12.4. The number of nitrogens with zero attached hydrogens (tertiary/aromatic N) is 3. The second kappa shape index (κ2) is 12.2. The Balaban J connectivity index is 0.00000341. The zero-order valence-electron chi connectivity index (χ0n) is 17.8. The molecule has 0 bridgehead atoms. The van der Waals surface area contributed by atoms with Gasteiger partial charge in [-0.15, -0.1) is 24.2 Å². The second-order valence-corrected chi connectivity index (χ2v) is 9.26. The Kier molecular flexibility index (Phi) is 10.0. The number of rotatable bonds is 10. The van der Waals surface area contributed by atoms with E-state index >= 15 is 0 Å². The number of benzene rings is 2. The summed E-state index contributed by atoms with van der Waals surface area (Å²) >= 11 is 3.08. The maximum atomic E-state index is 13.5. The van der Waals surface area contributed by atoms with Crippen LogP contribution in [0.25, 0.3) is 10.2 Å². The predicted octanol–water partition coefficient (Wildman–Crippen LogP) is 5.33. The molecule has 0 saturated carbocycles. The van der Waals surface area contributed by atoms with Crippen molar-refractivity contribution in [1.29, 1.82) is 0 Å². The molecule has 2 aromatic carbocycles. The summed E-state index contributed by atoms with van der Waals surface area (Å²) in [4.78, 5) is 22.5. The van der Waals surface area contributed by atoms with Crippen molar-refractivity contribution in [2.75, 3.05) is 44.9 Å². The van der Waals surface area contributed by atoms with Gasteiger partial charge in [0.05, 0.1) is 17.3 Å². The molecule has 1 heterocycles. The van der Waals surface area contributed by atoms with E-state index in [1.807, 2.05) is 43.3 Å². The summed E-state index contributed by atoms with van der Waals surface area (Å²) < 4.78 is 19.5. The maximum absolute atomic E-state index is 13.5. The Morgan fingerprint density at radius 2 is 1.90 bits per heavy atom. The van der Waals surface area contributed by atoms with Crippen molar-refractivity contribution < 1.29 is 13.9 Å². The Morgan fingerprint density at radius 1 is 1.16 bits per heavy atom. The zero-order valence-corrected chi connectivity index (χ0v) is 20.3. The SMILES string of the molecule is COc1ccc(SCCCC(=O)N(CCN(C)C)c2nc3ccc(F)cc3s2)cc1.Cl. The first-order valence-electron chi connectivity index (χ1n) is 9.74. The summed E-state index contributed by atoms with van der Waals surface area (Å²) in [5, 5.41) is 0.630. The number of fused-ring (bicyclic) bond motifs is 1. The van der Waals surface area contributed by atoms with Crippen LogP contribution in [0.15, 0.2) is 47.4 Å². The molecular formula is C22H27ClFN3O2S2. The third-order valence-corrected chi connectivity index (χ3v) is 6.64. The van der Waals surface area contributed by atoms with E-state index in [-0.39, 0.29) is 24.1 Å². The van der Waals surface area contributed by atoms with Crippen LogP contribution >= 0.6 is 35.5 Å². The number of amides is 1. The van der Waals surface area contributed by atoms with Crippen molar-refractivity contribution in [2.24, 2.45) is 0 Å². The lowest BCUT2D eigenvalue weighted by atomic mass is 10.3. The number of hydrogen-bond donors (Lipinski definition) is 0. The number of thiazole rings is 1. The normalized spacial score (nSPS) is 10.9. The Bertz CT molecular complexity index is 983. The van der Waals surface area contributed by atoms with Gasteiger partial charge in [0, 0.05) is 24.4 Å². The number of methoxy groups -OCH3 is 1. The lowest BCUT2D eigenvalue weighted by Gasteiger charge is -2.22. The first kappa shape index (κ1) is 25.4. The summed E-state index contributed by atoms with van der Waals surface area (Å²) in [6.45, 7) is 1.29. The van der Waals surface area contributed by atoms with Gasteiger partial charge in [0.1, 0.15) is 11.6 Å². The largest absolute Gasteiger partial charge is 0.497 e. The number of carbonyl (C=O) groups is 1. The molecule has 168 valence electrons. The van der Waals surface area contributed by atoms with Gasteiger partial charge in [-0.3, -0.25) is 9.69 Å². The van der Waals surface area contributed by atoms with Crippen molar-refractivity contribution in [1.82, 2.24) is 9.88 Å². The van der Waals surface area contributed by atoms with Gasteiger partial charge in [0.2, 0.25) is 5.91 Å². The van der Waals surface area contributed by atoms with Gasteiger partial charge in [-0.05, 0) is 68.7 Å². The van der Waals surface area contributed by atoms with Gasteiger partial charge in [-0.1, -0.05) is 11.3 Å². The topological polar surface area (TPSA) is 45.7 Å². The summed E-state index contributed by atoms with van der Waals surface area (Å²) in [5.74, 6) is 1.44. The number of ether oxygens (including phenoxy) is 1. The van der Waals surface area contributed by atoms with Crippen molar-refractivity contribution in [3.63, 3.8) is 0 Å². The monoisotopic (exact) mass is 483 g/mol. The highest BCUT2D eigenvalue weighted by Crippen LogP contribution is 2.30. The van der Waals surface area contributed by atoms with E-state index in [1.54, 1.807) is 29.8 Å². The molecule has 0 aliphatic rings. The molecule has 1 aromatic heterocycles. The molecule has 0 N–H and O–H groups in total. The maximum Gasteiger partial charge on any atom is 0.228 e. The van der Waals surface area contributed by atoms with Gasteiger partial charge in [-0.2, -0.15) is 0 Å². The van der Waals surface area contributed by atoms with Crippen molar-refractivity contribution in [3.8, 4) is 5.75 Å². The van der Waals surface area contributed by atoms with Crippen LogP contribution in [0.4, 0.5) is 9.52 Å². The van der Waals surface area contributed by atoms with E-state index in [9.17, 15) is 9.18 Å². The third-order valence-electron chi connectivity index (χ3n) is 4.51. The molecule has 3 aromatic rings. The molecule has 0 fully saturated rings. The average Bonchev–Trinajstić information content (AvgIpc) is 3.14. The van der Waals surface area contributed by atoms with E-state index in [0.29, 0.717) is 23.6 Å². The Morgan fingerprint density at radius 3 is 2.58 bits per heavy atom. The number of aromatic nitrogens is 1. The number of halogens is 2. The minimum atomic E-state index is -0.292. The van der Waals surface area contributed by atoms with Crippen LogP contribution in [0.2, 0.25) is 0 Å². The first-order valence-corrected chi connectivity index (χ1v) is 11.5. The fourth-order valence-electron chi connectivity index (χ4n) is 2.85. The lowest BCUT2D eigenvalue weighted by molar-refractivity contribution is -0.118. The van der Waals surface area contributed by atoms with E-state index in [2.05, 4.69) is 4.98 Å². The van der Waals surface area contributed by atoms with Gasteiger partial charge < -0.3 is 9.64 Å². The number of hydrogen-bond acceptors (Lipinski definition) is 6. The van der Waals surface area contributed by atoms with Crippen molar-refractivity contribution in [2.45, 2.75) is 17.7 Å². The molecule has 0 radical (unpaired) electrons. The van der Waals surface area contributed by atoms with Gasteiger partial charge in [0.25, 0.3) is 0 Å². The molecule has 31 heavy (non-hydrogen) atoms. The molecule has 9 heteroatoms. The lowest BCUT2D eigenvalue weighted by Crippen LogP contribution is -2.36. The molecule has 3 rings (SSSR count). The van der Waals surface area contributed by atoms with Crippen LogP contribution in [0.5, 0.6) is 5.75 Å². The van der Waals surface area contributed by atoms with Crippen molar-refractivity contribution >= 4 is 56.8 Å². The molecule has 0 aliphatic heterocycles. The van der Waals surface area contributed by atoms with Gasteiger partial charge in [0.15, 0.2) is 5.13 Å². The summed E-state index contributed by atoms with van der Waals surface area (Å²) in [6.07, 6.45) is 1.22. The minimum Gasteiger partial charge on any atom is -0.497 e. The van der Waals surface area contributed by atoms with Gasteiger partial charge in [-0.25, -0.2) is 9.37 Å². The van der Waals surface area contributed by atoms with Crippen LogP contribution in [0.3, 0.4) is 0 Å². The van der Waals surface area contributed by atoms with E-state index in [1.165, 1.54) is 23.5 Å². The van der Waals surface area contributed by atoms with E-state index in [4.69, 9.17) is 4.74 Å². The second-order valence-electron chi connectivity index (χ2n) is 7.08. The van der Waals surface area contributed by atoms with Crippen LogP contribution in [0, 0.1) is 5.82 Å². The Hall–Kier alpha value is -1.87. The molecule has 5 nitrogen and oxygen atoms in total. The molecule has 0 atom stereocenters. The van der Waals surface area contributed by atoms with Crippen molar-refractivity contribution in [3.05, 3.63) is 48.3 Å². The van der Waals surface area contributed by atoms with Gasteiger partial charge >= 0.3 is 0 Å². The molecule has 0 aliphatic carbocycles. The van der Waals surface area contributed by atoms with Crippen LogP contribution < -0.4 is 9.64 Å². The number of carbonyl (C=O) groups excluding carboxylic acids is 1. The summed E-state index contributed by atoms with van der Waals surface area (Å²) in [7, 11) is 5.60. The van der Waals surface area contributed by atoms with E-state index < -0.39 is 0 Å². The molecular weight excluding hydrogens is 457 g/mol. The quantitative estimate of drug-likeness (QED) is 0.288. The number of thioether (sulfide) groups is 1. The Labute approximate surface area is 197 Å². The highest BCUT2D eigenvalue weighted by atomic mass is 35.5. The molecule has 1 amide bonds. The fraction of sp³-hybridized carbons (Fsp3) is 0.364. The first-order chi connectivity index (χ1) is 14.5.